The molecule has 0 saturated heterocycles. The Morgan fingerprint density at radius 3 is 2.56 bits per heavy atom. The quantitative estimate of drug-likeness (QED) is 0.859. The first-order chi connectivity index (χ1) is 8.72. The topological polar surface area (TPSA) is 55.0 Å². The molecule has 1 fully saturated rings. The maximum absolute atomic E-state index is 5.71. The molecule has 1 aromatic carbocycles. The molecule has 0 spiro atoms. The standard InChI is InChI=1S/C13H16N4S/c1-9-15-16-13(18-9)17(12-6-7-12)8-10-2-4-11(14)5-3-10/h2-5,12H,6-8,14H2,1H3. The fraction of sp³-hybridized carbons (Fsp3) is 0.385. The zero-order chi connectivity index (χ0) is 12.5. The van der Waals surface area contributed by atoms with Gasteiger partial charge in [-0.1, -0.05) is 23.5 Å². The Morgan fingerprint density at radius 2 is 2.00 bits per heavy atom. The van der Waals surface area contributed by atoms with Crippen LogP contribution in [0.4, 0.5) is 10.8 Å². The van der Waals surface area contributed by atoms with Crippen molar-refractivity contribution < 1.29 is 0 Å². The maximum atomic E-state index is 5.71. The summed E-state index contributed by atoms with van der Waals surface area (Å²) < 4.78 is 0. The predicted octanol–water partition coefficient (Wildman–Crippen LogP) is 2.60. The molecule has 1 aromatic heterocycles. The number of anilines is 2. The molecule has 2 aromatic rings. The van der Waals surface area contributed by atoms with Crippen LogP contribution < -0.4 is 10.6 Å². The lowest BCUT2D eigenvalue weighted by molar-refractivity contribution is 0.780. The highest BCUT2D eigenvalue weighted by molar-refractivity contribution is 7.15. The molecule has 94 valence electrons. The number of aromatic nitrogens is 2. The molecule has 1 saturated carbocycles. The van der Waals surface area contributed by atoms with E-state index in [1.165, 1.54) is 18.4 Å². The van der Waals surface area contributed by atoms with Gasteiger partial charge < -0.3 is 10.6 Å². The summed E-state index contributed by atoms with van der Waals surface area (Å²) in [4.78, 5) is 2.36. The Balaban J connectivity index is 1.80. The molecule has 1 aliphatic carbocycles. The molecule has 3 rings (SSSR count). The monoisotopic (exact) mass is 260 g/mol. The molecule has 5 heteroatoms. The van der Waals surface area contributed by atoms with Crippen molar-refractivity contribution in [2.24, 2.45) is 0 Å². The summed E-state index contributed by atoms with van der Waals surface area (Å²) in [7, 11) is 0. The van der Waals surface area contributed by atoms with Crippen molar-refractivity contribution in [2.45, 2.75) is 32.4 Å². The number of aryl methyl sites for hydroxylation is 1. The average Bonchev–Trinajstić information content (AvgIpc) is 3.11. The van der Waals surface area contributed by atoms with Crippen LogP contribution in [-0.2, 0) is 6.54 Å². The van der Waals surface area contributed by atoms with Crippen LogP contribution in [0.15, 0.2) is 24.3 Å². The van der Waals surface area contributed by atoms with Gasteiger partial charge in [0.25, 0.3) is 0 Å². The lowest BCUT2D eigenvalue weighted by atomic mass is 10.2. The normalized spacial score (nSPS) is 14.7. The van der Waals surface area contributed by atoms with Crippen LogP contribution in [0.3, 0.4) is 0 Å². The van der Waals surface area contributed by atoms with Crippen LogP contribution >= 0.6 is 11.3 Å². The lowest BCUT2D eigenvalue weighted by Gasteiger charge is -2.20. The lowest BCUT2D eigenvalue weighted by Crippen LogP contribution is -2.24. The molecule has 0 amide bonds. The third-order valence-corrected chi connectivity index (χ3v) is 3.96. The van der Waals surface area contributed by atoms with Gasteiger partial charge in [-0.05, 0) is 37.5 Å². The fourth-order valence-corrected chi connectivity index (χ4v) is 2.72. The summed E-state index contributed by atoms with van der Waals surface area (Å²) in [6.07, 6.45) is 2.52. The van der Waals surface area contributed by atoms with Crippen LogP contribution in [0.25, 0.3) is 0 Å². The minimum atomic E-state index is 0.634. The molecule has 0 radical (unpaired) electrons. The molecular weight excluding hydrogens is 244 g/mol. The number of hydrogen-bond donors (Lipinski definition) is 1. The van der Waals surface area contributed by atoms with Crippen molar-refractivity contribution in [1.29, 1.82) is 0 Å². The molecule has 0 aliphatic heterocycles. The predicted molar refractivity (Wildman–Crippen MR) is 74.7 cm³/mol. The van der Waals surface area contributed by atoms with Gasteiger partial charge in [0.1, 0.15) is 5.01 Å². The summed E-state index contributed by atoms with van der Waals surface area (Å²) in [6.45, 7) is 2.88. The van der Waals surface area contributed by atoms with Crippen molar-refractivity contribution in [3.05, 3.63) is 34.8 Å². The van der Waals surface area contributed by atoms with E-state index in [1.807, 2.05) is 19.1 Å². The largest absolute Gasteiger partial charge is 0.399 e. The molecule has 18 heavy (non-hydrogen) atoms. The number of rotatable bonds is 4. The van der Waals surface area contributed by atoms with Gasteiger partial charge in [-0.25, -0.2) is 0 Å². The molecule has 4 nitrogen and oxygen atoms in total. The molecule has 1 heterocycles. The van der Waals surface area contributed by atoms with Crippen molar-refractivity contribution >= 4 is 22.2 Å². The van der Waals surface area contributed by atoms with E-state index < -0.39 is 0 Å². The third kappa shape index (κ3) is 2.46. The first-order valence-electron chi connectivity index (χ1n) is 6.13. The minimum absolute atomic E-state index is 0.634. The second-order valence-electron chi connectivity index (χ2n) is 4.70. The zero-order valence-electron chi connectivity index (χ0n) is 10.3. The second-order valence-corrected chi connectivity index (χ2v) is 5.86. The summed E-state index contributed by atoms with van der Waals surface area (Å²) in [5, 5.41) is 10.4. The summed E-state index contributed by atoms with van der Waals surface area (Å²) in [5.41, 5.74) is 7.79. The van der Waals surface area contributed by atoms with E-state index in [2.05, 4.69) is 27.2 Å². The van der Waals surface area contributed by atoms with Gasteiger partial charge in [0.15, 0.2) is 0 Å². The van der Waals surface area contributed by atoms with Gasteiger partial charge in [0.05, 0.1) is 0 Å². The molecule has 0 bridgehead atoms. The molecule has 2 N–H and O–H groups in total. The average molecular weight is 260 g/mol. The molecule has 1 aliphatic rings. The number of benzene rings is 1. The summed E-state index contributed by atoms with van der Waals surface area (Å²) >= 11 is 1.67. The van der Waals surface area contributed by atoms with Crippen molar-refractivity contribution in [3.8, 4) is 0 Å². The SMILES string of the molecule is Cc1nnc(N(Cc2ccc(N)cc2)C2CC2)s1. The van der Waals surface area contributed by atoms with Crippen LogP contribution in [0.2, 0.25) is 0 Å². The first-order valence-corrected chi connectivity index (χ1v) is 6.95. The summed E-state index contributed by atoms with van der Waals surface area (Å²) in [5.74, 6) is 0. The number of nitrogens with two attached hydrogens (primary N) is 1. The smallest absolute Gasteiger partial charge is 0.208 e. The van der Waals surface area contributed by atoms with Gasteiger partial charge in [-0.15, -0.1) is 10.2 Å². The fourth-order valence-electron chi connectivity index (χ4n) is 1.96. The van der Waals surface area contributed by atoms with E-state index >= 15 is 0 Å². The highest BCUT2D eigenvalue weighted by atomic mass is 32.1. The van der Waals surface area contributed by atoms with Gasteiger partial charge in [0.2, 0.25) is 5.13 Å². The van der Waals surface area contributed by atoms with Gasteiger partial charge in [-0.2, -0.15) is 0 Å². The highest BCUT2D eigenvalue weighted by Gasteiger charge is 2.31. The highest BCUT2D eigenvalue weighted by Crippen LogP contribution is 2.34. The van der Waals surface area contributed by atoms with Crippen molar-refractivity contribution in [2.75, 3.05) is 10.6 Å². The van der Waals surface area contributed by atoms with E-state index in [9.17, 15) is 0 Å². The third-order valence-electron chi connectivity index (χ3n) is 3.08. The van der Waals surface area contributed by atoms with E-state index in [0.29, 0.717) is 6.04 Å². The molecule has 0 atom stereocenters. The summed E-state index contributed by atoms with van der Waals surface area (Å²) in [6, 6.07) is 8.70. The molecular formula is C13H16N4S. The maximum Gasteiger partial charge on any atom is 0.208 e. The zero-order valence-corrected chi connectivity index (χ0v) is 11.2. The Hall–Kier alpha value is -1.62. The van der Waals surface area contributed by atoms with Gasteiger partial charge >= 0.3 is 0 Å². The van der Waals surface area contributed by atoms with E-state index in [-0.39, 0.29) is 0 Å². The van der Waals surface area contributed by atoms with E-state index in [0.717, 1.165) is 22.4 Å². The van der Waals surface area contributed by atoms with Gasteiger partial charge in [0, 0.05) is 18.3 Å². The number of hydrogen-bond acceptors (Lipinski definition) is 5. The Labute approximate surface area is 110 Å². The Kier molecular flexibility index (Phi) is 2.91. The van der Waals surface area contributed by atoms with E-state index in [1.54, 1.807) is 11.3 Å². The van der Waals surface area contributed by atoms with Crippen LogP contribution in [-0.4, -0.2) is 16.2 Å². The van der Waals surface area contributed by atoms with E-state index in [4.69, 9.17) is 5.73 Å². The number of nitrogen functional groups attached to an aromatic ring is 1. The van der Waals surface area contributed by atoms with Gasteiger partial charge in [-0.3, -0.25) is 0 Å². The second kappa shape index (κ2) is 4.57. The Bertz CT molecular complexity index is 530. The van der Waals surface area contributed by atoms with Crippen LogP contribution in [0.5, 0.6) is 0 Å². The number of nitrogens with zero attached hydrogens (tertiary/aromatic N) is 3. The van der Waals surface area contributed by atoms with Crippen molar-refractivity contribution in [3.63, 3.8) is 0 Å². The molecule has 0 unspecified atom stereocenters. The Morgan fingerprint density at radius 1 is 1.28 bits per heavy atom. The first kappa shape index (κ1) is 11.5. The van der Waals surface area contributed by atoms with Crippen LogP contribution in [0, 0.1) is 6.92 Å². The minimum Gasteiger partial charge on any atom is -0.399 e. The van der Waals surface area contributed by atoms with Crippen LogP contribution in [0.1, 0.15) is 23.4 Å². The van der Waals surface area contributed by atoms with Crippen molar-refractivity contribution in [1.82, 2.24) is 10.2 Å².